The van der Waals surface area contributed by atoms with Gasteiger partial charge in [-0.2, -0.15) is 0 Å². The smallest absolute Gasteiger partial charge is 0.347 e. The van der Waals surface area contributed by atoms with Crippen LogP contribution in [-0.4, -0.2) is 32.6 Å². The van der Waals surface area contributed by atoms with Crippen LogP contribution < -0.4 is 11.0 Å². The molecule has 19 heavy (non-hydrogen) atoms. The molecule has 1 aromatic rings. The predicted molar refractivity (Wildman–Crippen MR) is 65.4 cm³/mol. The lowest BCUT2D eigenvalue weighted by Gasteiger charge is -2.17. The number of carbonyl (C=O) groups excluding carboxylic acids is 1. The van der Waals surface area contributed by atoms with E-state index in [9.17, 15) is 14.4 Å². The summed E-state index contributed by atoms with van der Waals surface area (Å²) in [5.74, 6) is -1.79. The first-order chi connectivity index (χ1) is 9.08. The van der Waals surface area contributed by atoms with E-state index in [-0.39, 0.29) is 18.5 Å². The van der Waals surface area contributed by atoms with Crippen molar-refractivity contribution in [2.45, 2.75) is 31.8 Å². The zero-order chi connectivity index (χ0) is 13.8. The molecular weight excluding hydrogens is 250 g/mol. The van der Waals surface area contributed by atoms with Gasteiger partial charge < -0.3 is 10.4 Å². The fraction of sp³-hybridized carbons (Fsp3) is 0.500. The van der Waals surface area contributed by atoms with E-state index in [4.69, 9.17) is 5.11 Å². The number of hydrogen-bond donors (Lipinski definition) is 2. The quantitative estimate of drug-likeness (QED) is 0.772. The summed E-state index contributed by atoms with van der Waals surface area (Å²) in [6.07, 6.45) is 4.85. The highest BCUT2D eigenvalue weighted by molar-refractivity contribution is 5.78. The Morgan fingerprint density at radius 1 is 1.47 bits per heavy atom. The van der Waals surface area contributed by atoms with E-state index in [1.54, 1.807) is 6.07 Å². The summed E-state index contributed by atoms with van der Waals surface area (Å²) < 4.78 is 1.18. The number of hydrogen-bond acceptors (Lipinski definition) is 4. The maximum absolute atomic E-state index is 11.8. The summed E-state index contributed by atoms with van der Waals surface area (Å²) in [5, 5.41) is 11.7. The summed E-state index contributed by atoms with van der Waals surface area (Å²) in [4.78, 5) is 37.7. The Hall–Kier alpha value is -2.18. The molecule has 7 heteroatoms. The number of carboxylic acids is 1. The molecule has 7 nitrogen and oxygen atoms in total. The molecule has 2 rings (SSSR count). The third-order valence-electron chi connectivity index (χ3n) is 3.28. The molecule has 0 aliphatic heterocycles. The van der Waals surface area contributed by atoms with Crippen molar-refractivity contribution < 1.29 is 14.7 Å². The van der Waals surface area contributed by atoms with Gasteiger partial charge in [0.25, 0.3) is 0 Å². The lowest BCUT2D eigenvalue weighted by Crippen LogP contribution is -2.42. The van der Waals surface area contributed by atoms with Gasteiger partial charge in [-0.15, -0.1) is 0 Å². The molecule has 1 aromatic heterocycles. The van der Waals surface area contributed by atoms with Crippen LogP contribution in [0.25, 0.3) is 0 Å². The summed E-state index contributed by atoms with van der Waals surface area (Å²) in [6.45, 7) is -0.143. The first-order valence-electron chi connectivity index (χ1n) is 6.11. The van der Waals surface area contributed by atoms with E-state index in [1.165, 1.54) is 17.0 Å². The van der Waals surface area contributed by atoms with Crippen molar-refractivity contribution in [3.05, 3.63) is 28.9 Å². The summed E-state index contributed by atoms with van der Waals surface area (Å²) in [6, 6.07) is 1.21. The van der Waals surface area contributed by atoms with Crippen LogP contribution in [0.4, 0.5) is 0 Å². The molecule has 1 aliphatic rings. The van der Waals surface area contributed by atoms with Gasteiger partial charge in [0.15, 0.2) is 0 Å². The van der Waals surface area contributed by atoms with Crippen LogP contribution in [0, 0.1) is 5.92 Å². The van der Waals surface area contributed by atoms with Gasteiger partial charge in [-0.25, -0.2) is 9.78 Å². The Morgan fingerprint density at radius 2 is 2.26 bits per heavy atom. The molecule has 1 aliphatic carbocycles. The van der Waals surface area contributed by atoms with Gasteiger partial charge in [0, 0.05) is 18.4 Å². The third-order valence-corrected chi connectivity index (χ3v) is 3.28. The molecule has 0 saturated heterocycles. The average molecular weight is 265 g/mol. The van der Waals surface area contributed by atoms with Gasteiger partial charge in [-0.3, -0.25) is 14.2 Å². The molecule has 2 atom stereocenters. The second-order valence-electron chi connectivity index (χ2n) is 4.58. The molecular formula is C12H15N3O4. The highest BCUT2D eigenvalue weighted by atomic mass is 16.4. The summed E-state index contributed by atoms with van der Waals surface area (Å²) in [5.41, 5.74) is -0.501. The van der Waals surface area contributed by atoms with E-state index in [2.05, 4.69) is 10.3 Å². The van der Waals surface area contributed by atoms with Crippen LogP contribution >= 0.6 is 0 Å². The lowest BCUT2D eigenvalue weighted by atomic mass is 10.0. The molecule has 2 N–H and O–H groups in total. The fourth-order valence-corrected chi connectivity index (χ4v) is 2.34. The number of aromatic nitrogens is 2. The average Bonchev–Trinajstić information content (AvgIpc) is 2.80. The number of aliphatic carboxylic acids is 1. The second kappa shape index (κ2) is 5.64. The summed E-state index contributed by atoms with van der Waals surface area (Å²) >= 11 is 0. The number of rotatable bonds is 4. The van der Waals surface area contributed by atoms with Crippen molar-refractivity contribution in [1.82, 2.24) is 14.9 Å². The summed E-state index contributed by atoms with van der Waals surface area (Å²) in [7, 11) is 0. The second-order valence-corrected chi connectivity index (χ2v) is 4.58. The number of carbonyl (C=O) groups is 2. The molecule has 0 aromatic carbocycles. The third kappa shape index (κ3) is 3.18. The van der Waals surface area contributed by atoms with Crippen molar-refractivity contribution in [3.63, 3.8) is 0 Å². The number of amides is 1. The van der Waals surface area contributed by atoms with Crippen molar-refractivity contribution in [2.24, 2.45) is 5.92 Å². The van der Waals surface area contributed by atoms with Gasteiger partial charge in [-0.05, 0) is 18.9 Å². The SMILES string of the molecule is O=C(Cn1cccnc1=O)NC1CCCC1C(=O)O. The molecule has 0 bridgehead atoms. The van der Waals surface area contributed by atoms with E-state index >= 15 is 0 Å². The lowest BCUT2D eigenvalue weighted by molar-refractivity contribution is -0.142. The molecule has 0 radical (unpaired) electrons. The van der Waals surface area contributed by atoms with Crippen LogP contribution in [0.1, 0.15) is 19.3 Å². The highest BCUT2D eigenvalue weighted by Gasteiger charge is 2.33. The van der Waals surface area contributed by atoms with Gasteiger partial charge in [0.2, 0.25) is 5.91 Å². The van der Waals surface area contributed by atoms with Crippen LogP contribution in [0.2, 0.25) is 0 Å². The largest absolute Gasteiger partial charge is 0.481 e. The molecule has 102 valence electrons. The molecule has 0 spiro atoms. The number of carboxylic acid groups (broad SMARTS) is 1. The molecule has 1 heterocycles. The maximum Gasteiger partial charge on any atom is 0.347 e. The molecule has 1 fully saturated rings. The van der Waals surface area contributed by atoms with Crippen molar-refractivity contribution in [2.75, 3.05) is 0 Å². The first kappa shape index (κ1) is 13.3. The molecule has 1 saturated carbocycles. The zero-order valence-electron chi connectivity index (χ0n) is 10.3. The van der Waals surface area contributed by atoms with E-state index < -0.39 is 17.6 Å². The Kier molecular flexibility index (Phi) is 3.94. The van der Waals surface area contributed by atoms with E-state index in [0.717, 1.165) is 6.42 Å². The van der Waals surface area contributed by atoms with Gasteiger partial charge in [0.05, 0.1) is 5.92 Å². The van der Waals surface area contributed by atoms with Crippen LogP contribution in [-0.2, 0) is 16.1 Å². The molecule has 2 unspecified atom stereocenters. The van der Waals surface area contributed by atoms with E-state index in [0.29, 0.717) is 12.8 Å². The Morgan fingerprint density at radius 3 is 2.95 bits per heavy atom. The van der Waals surface area contributed by atoms with Gasteiger partial charge in [-0.1, -0.05) is 6.42 Å². The topological polar surface area (TPSA) is 101 Å². The fourth-order valence-electron chi connectivity index (χ4n) is 2.34. The van der Waals surface area contributed by atoms with Gasteiger partial charge in [0.1, 0.15) is 6.54 Å². The Balaban J connectivity index is 1.97. The number of nitrogens with one attached hydrogen (secondary N) is 1. The molecule has 1 amide bonds. The predicted octanol–water partition coefficient (Wildman–Crippen LogP) is -0.387. The minimum atomic E-state index is -0.888. The normalized spacial score (nSPS) is 22.1. The Bertz CT molecular complexity index is 540. The monoisotopic (exact) mass is 265 g/mol. The Labute approximate surface area is 109 Å². The zero-order valence-corrected chi connectivity index (χ0v) is 10.3. The van der Waals surface area contributed by atoms with Crippen molar-refractivity contribution in [3.8, 4) is 0 Å². The highest BCUT2D eigenvalue weighted by Crippen LogP contribution is 2.25. The minimum Gasteiger partial charge on any atom is -0.481 e. The van der Waals surface area contributed by atoms with Crippen LogP contribution in [0.3, 0.4) is 0 Å². The number of nitrogens with zero attached hydrogens (tertiary/aromatic N) is 2. The maximum atomic E-state index is 11.8. The first-order valence-corrected chi connectivity index (χ1v) is 6.11. The van der Waals surface area contributed by atoms with Crippen molar-refractivity contribution in [1.29, 1.82) is 0 Å². The van der Waals surface area contributed by atoms with Gasteiger partial charge >= 0.3 is 11.7 Å². The minimum absolute atomic E-state index is 0.143. The van der Waals surface area contributed by atoms with Crippen LogP contribution in [0.15, 0.2) is 23.3 Å². The van der Waals surface area contributed by atoms with Crippen LogP contribution in [0.5, 0.6) is 0 Å². The van der Waals surface area contributed by atoms with Crippen molar-refractivity contribution >= 4 is 11.9 Å². The van der Waals surface area contributed by atoms with E-state index in [1.807, 2.05) is 0 Å². The standard InChI is InChI=1S/C12H15N3O4/c16-10(7-15-6-2-5-13-12(15)19)14-9-4-1-3-8(9)11(17)18/h2,5-6,8-9H,1,3-4,7H2,(H,14,16)(H,17,18).